The number of nitrogens with zero attached hydrogens (tertiary/aromatic N) is 4. The van der Waals surface area contributed by atoms with E-state index in [0.29, 0.717) is 31.2 Å². The molecule has 0 aliphatic carbocycles. The van der Waals surface area contributed by atoms with Crippen molar-refractivity contribution in [3.05, 3.63) is 30.5 Å². The van der Waals surface area contributed by atoms with Crippen LogP contribution in [0.4, 0.5) is 11.6 Å². The predicted octanol–water partition coefficient (Wildman–Crippen LogP) is 1.31. The van der Waals surface area contributed by atoms with Gasteiger partial charge in [0.05, 0.1) is 13.0 Å². The Hall–Kier alpha value is -2.74. The van der Waals surface area contributed by atoms with E-state index in [1.807, 2.05) is 24.3 Å². The smallest absolute Gasteiger partial charge is 0.307 e. The van der Waals surface area contributed by atoms with Gasteiger partial charge in [0.2, 0.25) is 0 Å². The fourth-order valence-corrected chi connectivity index (χ4v) is 2.72. The number of hydrogen-bond donors (Lipinski definition) is 2. The van der Waals surface area contributed by atoms with Crippen molar-refractivity contribution >= 4 is 17.6 Å². The lowest BCUT2D eigenvalue weighted by molar-refractivity contribution is -0.142. The van der Waals surface area contributed by atoms with Crippen LogP contribution in [0.3, 0.4) is 0 Å². The molecule has 8 nitrogen and oxygen atoms in total. The minimum atomic E-state index is -0.221. The summed E-state index contributed by atoms with van der Waals surface area (Å²) in [4.78, 5) is 27.3. The Balaban J connectivity index is 1.79. The van der Waals surface area contributed by atoms with Gasteiger partial charge < -0.3 is 20.3 Å². The summed E-state index contributed by atoms with van der Waals surface area (Å²) in [5.74, 6) is 1.89. The highest BCUT2D eigenvalue weighted by molar-refractivity contribution is 5.70. The Morgan fingerprint density at radius 1 is 1.31 bits per heavy atom. The molecule has 1 saturated heterocycles. The zero-order valence-electron chi connectivity index (χ0n) is 14.9. The fraction of sp³-hybridized carbons (Fsp3) is 0.444. The molecule has 3 rings (SSSR count). The number of rotatable bonds is 7. The van der Waals surface area contributed by atoms with E-state index in [4.69, 9.17) is 9.72 Å². The Labute approximate surface area is 153 Å². The molecule has 2 aromatic heterocycles. The molecule has 0 atom stereocenters. The maximum atomic E-state index is 11.5. The molecule has 26 heavy (non-hydrogen) atoms. The summed E-state index contributed by atoms with van der Waals surface area (Å²) in [6.45, 7) is 6.28. The van der Waals surface area contributed by atoms with Gasteiger partial charge in [0.25, 0.3) is 0 Å². The normalized spacial score (nSPS) is 14.1. The molecule has 2 N–H and O–H groups in total. The second-order valence-corrected chi connectivity index (χ2v) is 5.87. The quantitative estimate of drug-likeness (QED) is 0.718. The van der Waals surface area contributed by atoms with E-state index in [-0.39, 0.29) is 5.97 Å². The van der Waals surface area contributed by atoms with Gasteiger partial charge in [-0.2, -0.15) is 0 Å². The number of piperazine rings is 1. The zero-order chi connectivity index (χ0) is 18.2. The van der Waals surface area contributed by atoms with E-state index in [1.54, 1.807) is 13.1 Å². The first-order valence-corrected chi connectivity index (χ1v) is 8.92. The van der Waals surface area contributed by atoms with Crippen molar-refractivity contribution in [3.63, 3.8) is 0 Å². The standard InChI is InChI=1S/C18H24N6O2/c1-2-26-17(25)6-8-21-15-13-16(24-11-9-19-10-12-24)23-18(22-15)14-5-3-4-7-20-14/h3-5,7,13,19H,2,6,8-12H2,1H3,(H,21,22,23). The maximum Gasteiger partial charge on any atom is 0.307 e. The molecule has 2 aromatic rings. The van der Waals surface area contributed by atoms with E-state index in [0.717, 1.165) is 37.7 Å². The van der Waals surface area contributed by atoms with Gasteiger partial charge in [0, 0.05) is 45.0 Å². The van der Waals surface area contributed by atoms with Crippen LogP contribution in [0.25, 0.3) is 11.5 Å². The number of carbonyl (C=O) groups is 1. The fourth-order valence-electron chi connectivity index (χ4n) is 2.72. The van der Waals surface area contributed by atoms with E-state index >= 15 is 0 Å². The molecule has 3 heterocycles. The van der Waals surface area contributed by atoms with Crippen molar-refractivity contribution in [2.24, 2.45) is 0 Å². The van der Waals surface area contributed by atoms with Gasteiger partial charge in [0.15, 0.2) is 5.82 Å². The van der Waals surface area contributed by atoms with Crippen molar-refractivity contribution in [2.75, 3.05) is 49.5 Å². The Morgan fingerprint density at radius 3 is 2.88 bits per heavy atom. The number of carbonyl (C=O) groups excluding carboxylic acids is 1. The van der Waals surface area contributed by atoms with Crippen molar-refractivity contribution in [2.45, 2.75) is 13.3 Å². The number of ether oxygens (including phenoxy) is 1. The maximum absolute atomic E-state index is 11.5. The molecule has 0 unspecified atom stereocenters. The van der Waals surface area contributed by atoms with E-state index in [2.05, 4.69) is 25.5 Å². The molecule has 0 spiro atoms. The predicted molar refractivity (Wildman–Crippen MR) is 100 cm³/mol. The molecule has 8 heteroatoms. The molecule has 0 bridgehead atoms. The Bertz CT molecular complexity index is 719. The minimum Gasteiger partial charge on any atom is -0.466 e. The summed E-state index contributed by atoms with van der Waals surface area (Å²) in [7, 11) is 0. The third kappa shape index (κ3) is 4.89. The van der Waals surface area contributed by atoms with Crippen molar-refractivity contribution in [1.29, 1.82) is 0 Å². The summed E-state index contributed by atoms with van der Waals surface area (Å²) in [5, 5.41) is 6.54. The first kappa shape index (κ1) is 18.1. The zero-order valence-corrected chi connectivity index (χ0v) is 14.9. The van der Waals surface area contributed by atoms with Crippen LogP contribution in [-0.4, -0.2) is 60.3 Å². The number of pyridine rings is 1. The van der Waals surface area contributed by atoms with Crippen LogP contribution in [0.2, 0.25) is 0 Å². The largest absolute Gasteiger partial charge is 0.466 e. The van der Waals surface area contributed by atoms with Crippen LogP contribution in [-0.2, 0) is 9.53 Å². The Morgan fingerprint density at radius 2 is 2.15 bits per heavy atom. The first-order chi connectivity index (χ1) is 12.8. The summed E-state index contributed by atoms with van der Waals surface area (Å²) in [5.41, 5.74) is 0.720. The molecule has 0 radical (unpaired) electrons. The summed E-state index contributed by atoms with van der Waals surface area (Å²) in [6.07, 6.45) is 2.02. The number of anilines is 2. The van der Waals surface area contributed by atoms with Crippen molar-refractivity contribution < 1.29 is 9.53 Å². The molecule has 0 amide bonds. The van der Waals surface area contributed by atoms with Gasteiger partial charge in [-0.3, -0.25) is 9.78 Å². The number of hydrogen-bond acceptors (Lipinski definition) is 8. The number of esters is 1. The Kier molecular flexibility index (Phi) is 6.32. The third-order valence-electron chi connectivity index (χ3n) is 3.99. The SMILES string of the molecule is CCOC(=O)CCNc1cc(N2CCNCC2)nc(-c2ccccn2)n1. The lowest BCUT2D eigenvalue weighted by Crippen LogP contribution is -2.44. The molecular formula is C18H24N6O2. The highest BCUT2D eigenvalue weighted by Crippen LogP contribution is 2.21. The van der Waals surface area contributed by atoms with Crippen LogP contribution >= 0.6 is 0 Å². The van der Waals surface area contributed by atoms with E-state index in [1.165, 1.54) is 0 Å². The van der Waals surface area contributed by atoms with E-state index in [9.17, 15) is 4.79 Å². The van der Waals surface area contributed by atoms with Gasteiger partial charge in [0.1, 0.15) is 17.3 Å². The lowest BCUT2D eigenvalue weighted by Gasteiger charge is -2.28. The monoisotopic (exact) mass is 356 g/mol. The first-order valence-electron chi connectivity index (χ1n) is 8.92. The number of aromatic nitrogens is 3. The van der Waals surface area contributed by atoms with Crippen LogP contribution in [0.5, 0.6) is 0 Å². The number of nitrogens with one attached hydrogen (secondary N) is 2. The summed E-state index contributed by atoms with van der Waals surface area (Å²) < 4.78 is 4.95. The second-order valence-electron chi connectivity index (χ2n) is 5.87. The second kappa shape index (κ2) is 9.10. The molecule has 1 fully saturated rings. The third-order valence-corrected chi connectivity index (χ3v) is 3.99. The minimum absolute atomic E-state index is 0.221. The van der Waals surface area contributed by atoms with Crippen molar-refractivity contribution in [1.82, 2.24) is 20.3 Å². The van der Waals surface area contributed by atoms with Crippen LogP contribution in [0, 0.1) is 0 Å². The van der Waals surface area contributed by atoms with E-state index < -0.39 is 0 Å². The highest BCUT2D eigenvalue weighted by atomic mass is 16.5. The van der Waals surface area contributed by atoms with Crippen molar-refractivity contribution in [3.8, 4) is 11.5 Å². The van der Waals surface area contributed by atoms with Crippen LogP contribution in [0.1, 0.15) is 13.3 Å². The average molecular weight is 356 g/mol. The summed E-state index contributed by atoms with van der Waals surface area (Å²) in [6, 6.07) is 7.58. The van der Waals surface area contributed by atoms with Crippen LogP contribution in [0.15, 0.2) is 30.5 Å². The molecular weight excluding hydrogens is 332 g/mol. The van der Waals surface area contributed by atoms with Gasteiger partial charge in [-0.25, -0.2) is 9.97 Å². The van der Waals surface area contributed by atoms with Gasteiger partial charge >= 0.3 is 5.97 Å². The average Bonchev–Trinajstić information content (AvgIpc) is 2.69. The lowest BCUT2D eigenvalue weighted by atomic mass is 10.3. The molecule has 0 aromatic carbocycles. The highest BCUT2D eigenvalue weighted by Gasteiger charge is 2.15. The van der Waals surface area contributed by atoms with Gasteiger partial charge in [-0.05, 0) is 19.1 Å². The topological polar surface area (TPSA) is 92.3 Å². The molecule has 0 saturated carbocycles. The summed E-state index contributed by atoms with van der Waals surface area (Å²) >= 11 is 0. The van der Waals surface area contributed by atoms with Gasteiger partial charge in [-0.1, -0.05) is 6.07 Å². The van der Waals surface area contributed by atoms with Crippen LogP contribution < -0.4 is 15.5 Å². The van der Waals surface area contributed by atoms with Gasteiger partial charge in [-0.15, -0.1) is 0 Å². The molecule has 1 aliphatic rings. The molecule has 138 valence electrons. The molecule has 1 aliphatic heterocycles.